The minimum atomic E-state index is -4.33. The minimum Gasteiger partial charge on any atom is -0.331 e. The third kappa shape index (κ3) is 3.84. The number of nitrogens with zero attached hydrogens (tertiary/aromatic N) is 3. The Morgan fingerprint density at radius 3 is 2.50 bits per heavy atom. The highest BCUT2D eigenvalue weighted by atomic mass is 19.4. The Bertz CT molecular complexity index is 622. The Morgan fingerprint density at radius 1 is 1.38 bits per heavy atom. The summed E-state index contributed by atoms with van der Waals surface area (Å²) in [6.45, 7) is 8.64. The summed E-state index contributed by atoms with van der Waals surface area (Å²) in [7, 11) is 0. The number of alkyl halides is 3. The van der Waals surface area contributed by atoms with Crippen molar-refractivity contribution in [3.63, 3.8) is 0 Å². The van der Waals surface area contributed by atoms with Gasteiger partial charge in [-0.3, -0.25) is 4.68 Å². The first-order valence-corrected chi connectivity index (χ1v) is 8.11. The van der Waals surface area contributed by atoms with Gasteiger partial charge in [-0.1, -0.05) is 0 Å². The molecule has 2 amide bonds. The first kappa shape index (κ1) is 18.6. The van der Waals surface area contributed by atoms with Crippen LogP contribution in [0.3, 0.4) is 0 Å². The van der Waals surface area contributed by atoms with Crippen LogP contribution in [0.2, 0.25) is 0 Å². The summed E-state index contributed by atoms with van der Waals surface area (Å²) >= 11 is 0. The van der Waals surface area contributed by atoms with Crippen LogP contribution < -0.4 is 5.32 Å². The van der Waals surface area contributed by atoms with Gasteiger partial charge < -0.3 is 10.2 Å². The van der Waals surface area contributed by atoms with Gasteiger partial charge in [0.15, 0.2) is 0 Å². The zero-order chi connectivity index (χ0) is 18.3. The van der Waals surface area contributed by atoms with Crippen LogP contribution in [0.4, 0.5) is 18.0 Å². The Hall–Kier alpha value is -1.73. The van der Waals surface area contributed by atoms with Crippen molar-refractivity contribution in [2.45, 2.75) is 71.8 Å². The van der Waals surface area contributed by atoms with Gasteiger partial charge in [0.05, 0.1) is 11.7 Å². The van der Waals surface area contributed by atoms with E-state index in [0.29, 0.717) is 23.5 Å². The molecule has 24 heavy (non-hydrogen) atoms. The van der Waals surface area contributed by atoms with Crippen LogP contribution in [-0.2, 0) is 6.54 Å². The number of amides is 2. The molecule has 1 saturated heterocycles. The van der Waals surface area contributed by atoms with E-state index in [-0.39, 0.29) is 11.6 Å². The van der Waals surface area contributed by atoms with Gasteiger partial charge in [-0.2, -0.15) is 18.3 Å². The Kier molecular flexibility index (Phi) is 4.88. The lowest BCUT2D eigenvalue weighted by Crippen LogP contribution is -2.48. The van der Waals surface area contributed by atoms with E-state index < -0.39 is 18.8 Å². The lowest BCUT2D eigenvalue weighted by Gasteiger charge is -2.32. The molecule has 136 valence electrons. The van der Waals surface area contributed by atoms with Gasteiger partial charge in [-0.15, -0.1) is 0 Å². The largest absolute Gasteiger partial charge is 0.408 e. The van der Waals surface area contributed by atoms with Crippen molar-refractivity contribution < 1.29 is 18.0 Å². The molecule has 1 aromatic heterocycles. The van der Waals surface area contributed by atoms with Crippen molar-refractivity contribution in [1.29, 1.82) is 0 Å². The predicted molar refractivity (Wildman–Crippen MR) is 84.7 cm³/mol. The third-order valence-corrected chi connectivity index (χ3v) is 4.69. The quantitative estimate of drug-likeness (QED) is 0.907. The van der Waals surface area contributed by atoms with Crippen LogP contribution in [0.15, 0.2) is 0 Å². The number of nitrogens with one attached hydrogen (secondary N) is 1. The SMILES string of the molecule is Cc1nn(CC(F)(F)F)c(C)c1C(C)NC(=O)N1CCCC1(C)C. The molecule has 0 aliphatic carbocycles. The second-order valence-electron chi connectivity index (χ2n) is 7.10. The maximum atomic E-state index is 12.6. The van der Waals surface area contributed by atoms with Crippen molar-refractivity contribution in [2.24, 2.45) is 0 Å². The van der Waals surface area contributed by atoms with Crippen LogP contribution in [0.1, 0.15) is 56.6 Å². The molecule has 0 spiro atoms. The number of carbonyl (C=O) groups is 1. The normalized spacial score (nSPS) is 18.8. The average molecular weight is 346 g/mol. The monoisotopic (exact) mass is 346 g/mol. The highest BCUT2D eigenvalue weighted by Crippen LogP contribution is 2.29. The number of halogens is 3. The molecular weight excluding hydrogens is 321 g/mol. The molecule has 1 aliphatic heterocycles. The van der Waals surface area contributed by atoms with Gasteiger partial charge in [0.1, 0.15) is 6.54 Å². The summed E-state index contributed by atoms with van der Waals surface area (Å²) in [6.07, 6.45) is -2.43. The first-order chi connectivity index (χ1) is 10.9. The molecule has 1 N–H and O–H groups in total. The van der Waals surface area contributed by atoms with Crippen LogP contribution in [0, 0.1) is 13.8 Å². The van der Waals surface area contributed by atoms with Crippen LogP contribution in [0.25, 0.3) is 0 Å². The molecule has 8 heteroatoms. The number of hydrogen-bond acceptors (Lipinski definition) is 2. The van der Waals surface area contributed by atoms with Gasteiger partial charge in [0.25, 0.3) is 0 Å². The van der Waals surface area contributed by atoms with E-state index in [1.54, 1.807) is 25.7 Å². The fourth-order valence-corrected chi connectivity index (χ4v) is 3.48. The summed E-state index contributed by atoms with van der Waals surface area (Å²) in [4.78, 5) is 14.3. The molecule has 1 aromatic rings. The molecule has 0 aromatic carbocycles. The number of likely N-dealkylation sites (tertiary alicyclic amines) is 1. The molecule has 5 nitrogen and oxygen atoms in total. The molecule has 0 saturated carbocycles. The zero-order valence-corrected chi connectivity index (χ0v) is 14.8. The Labute approximate surface area is 140 Å². The van der Waals surface area contributed by atoms with Crippen LogP contribution in [0.5, 0.6) is 0 Å². The summed E-state index contributed by atoms with van der Waals surface area (Å²) < 4.78 is 38.8. The maximum absolute atomic E-state index is 12.6. The summed E-state index contributed by atoms with van der Waals surface area (Å²) in [5, 5.41) is 6.89. The average Bonchev–Trinajstić information content (AvgIpc) is 2.87. The number of carbonyl (C=O) groups excluding carboxylic acids is 1. The van der Waals surface area contributed by atoms with E-state index in [9.17, 15) is 18.0 Å². The highest BCUT2D eigenvalue weighted by Gasteiger charge is 2.36. The smallest absolute Gasteiger partial charge is 0.331 e. The summed E-state index contributed by atoms with van der Waals surface area (Å²) in [5.74, 6) is 0. The topological polar surface area (TPSA) is 50.2 Å². The van der Waals surface area contributed by atoms with Crippen molar-refractivity contribution in [3.8, 4) is 0 Å². The molecule has 1 unspecified atom stereocenters. The molecule has 1 fully saturated rings. The number of urea groups is 1. The van der Waals surface area contributed by atoms with E-state index in [0.717, 1.165) is 17.5 Å². The lowest BCUT2D eigenvalue weighted by molar-refractivity contribution is -0.143. The van der Waals surface area contributed by atoms with Gasteiger partial charge in [0.2, 0.25) is 0 Å². The van der Waals surface area contributed by atoms with E-state index in [4.69, 9.17) is 0 Å². The summed E-state index contributed by atoms with van der Waals surface area (Å²) in [5.41, 5.74) is 1.38. The van der Waals surface area contributed by atoms with Gasteiger partial charge in [-0.25, -0.2) is 4.79 Å². The molecule has 1 atom stereocenters. The van der Waals surface area contributed by atoms with E-state index in [1.807, 2.05) is 13.8 Å². The number of aryl methyl sites for hydroxylation is 1. The van der Waals surface area contributed by atoms with E-state index in [2.05, 4.69) is 10.4 Å². The first-order valence-electron chi connectivity index (χ1n) is 8.11. The fourth-order valence-electron chi connectivity index (χ4n) is 3.48. The predicted octanol–water partition coefficient (Wildman–Crippen LogP) is 3.71. The van der Waals surface area contributed by atoms with Crippen LogP contribution in [-0.4, -0.2) is 39.0 Å². The van der Waals surface area contributed by atoms with Crippen molar-refractivity contribution in [2.75, 3.05) is 6.54 Å². The third-order valence-electron chi connectivity index (χ3n) is 4.69. The summed E-state index contributed by atoms with van der Waals surface area (Å²) in [6, 6.07) is -0.594. The molecular formula is C16H25F3N4O. The lowest BCUT2D eigenvalue weighted by atomic mass is 10.0. The number of hydrogen-bond donors (Lipinski definition) is 1. The van der Waals surface area contributed by atoms with Crippen molar-refractivity contribution in [3.05, 3.63) is 17.0 Å². The second kappa shape index (κ2) is 6.29. The van der Waals surface area contributed by atoms with Gasteiger partial charge in [-0.05, 0) is 47.5 Å². The van der Waals surface area contributed by atoms with Crippen molar-refractivity contribution in [1.82, 2.24) is 20.0 Å². The van der Waals surface area contributed by atoms with Crippen LogP contribution >= 0.6 is 0 Å². The van der Waals surface area contributed by atoms with E-state index in [1.165, 1.54) is 0 Å². The minimum absolute atomic E-state index is 0.188. The van der Waals surface area contributed by atoms with E-state index >= 15 is 0 Å². The standard InChI is InChI=1S/C16H25F3N4O/c1-10(20-14(24)22-8-6-7-15(22,4)5)13-11(2)21-23(12(13)3)9-16(17,18)19/h10H,6-9H2,1-5H3,(H,20,24). The zero-order valence-electron chi connectivity index (χ0n) is 14.8. The second-order valence-corrected chi connectivity index (χ2v) is 7.10. The fraction of sp³-hybridized carbons (Fsp3) is 0.750. The Morgan fingerprint density at radius 2 is 2.00 bits per heavy atom. The molecule has 0 bridgehead atoms. The highest BCUT2D eigenvalue weighted by molar-refractivity contribution is 5.76. The number of rotatable bonds is 3. The number of aromatic nitrogens is 2. The molecule has 1 aliphatic rings. The molecule has 2 rings (SSSR count). The maximum Gasteiger partial charge on any atom is 0.408 e. The van der Waals surface area contributed by atoms with Gasteiger partial charge in [0, 0.05) is 23.3 Å². The Balaban J connectivity index is 2.15. The molecule has 0 radical (unpaired) electrons. The van der Waals surface area contributed by atoms with Gasteiger partial charge >= 0.3 is 12.2 Å². The molecule has 2 heterocycles. The van der Waals surface area contributed by atoms with Crippen molar-refractivity contribution >= 4 is 6.03 Å².